The van der Waals surface area contributed by atoms with Crippen LogP contribution in [0.2, 0.25) is 0 Å². The number of benzene rings is 1. The highest BCUT2D eigenvalue weighted by molar-refractivity contribution is 6.09. The minimum Gasteiger partial charge on any atom is -0.353 e. The third-order valence-electron chi connectivity index (χ3n) is 7.09. The molecule has 1 unspecified atom stereocenters. The highest BCUT2D eigenvalue weighted by Gasteiger charge is 2.53. The van der Waals surface area contributed by atoms with Crippen LogP contribution in [0.4, 0.5) is 0 Å². The van der Waals surface area contributed by atoms with Crippen LogP contribution in [0.1, 0.15) is 52.0 Å². The van der Waals surface area contributed by atoms with Gasteiger partial charge in [0.25, 0.3) is 11.8 Å². The van der Waals surface area contributed by atoms with Gasteiger partial charge in [0.05, 0.1) is 11.1 Å². The van der Waals surface area contributed by atoms with Gasteiger partial charge < -0.3 is 25.1 Å². The number of hydrogen-bond donors (Lipinski definition) is 3. The molecule has 2 aromatic rings. The summed E-state index contributed by atoms with van der Waals surface area (Å²) in [5, 5.41) is 5.85. The van der Waals surface area contributed by atoms with E-state index in [1.807, 2.05) is 6.07 Å². The molecular weight excluding hydrogens is 426 g/mol. The molecule has 3 amide bonds. The van der Waals surface area contributed by atoms with Crippen molar-refractivity contribution < 1.29 is 14.4 Å². The lowest BCUT2D eigenvalue weighted by atomic mass is 9.74. The van der Waals surface area contributed by atoms with Crippen molar-refractivity contribution >= 4 is 17.7 Å². The number of carbonyl (C=O) groups is 3. The second-order valence-corrected chi connectivity index (χ2v) is 9.10. The number of aryl methyl sites for hydroxylation is 1. The van der Waals surface area contributed by atoms with Gasteiger partial charge in [-0.05, 0) is 24.5 Å². The monoisotopic (exact) mass is 451 g/mol. The van der Waals surface area contributed by atoms with Crippen molar-refractivity contribution in [2.75, 3.05) is 13.1 Å². The number of hydrogen-bond acceptors (Lipinski definition) is 5. The van der Waals surface area contributed by atoms with Gasteiger partial charge in [-0.1, -0.05) is 18.6 Å². The molecule has 1 spiro atoms. The van der Waals surface area contributed by atoms with E-state index in [4.69, 9.17) is 0 Å². The fourth-order valence-corrected chi connectivity index (χ4v) is 5.36. The van der Waals surface area contributed by atoms with E-state index in [1.165, 1.54) is 17.0 Å². The van der Waals surface area contributed by atoms with Crippen LogP contribution in [0.25, 0.3) is 0 Å². The predicted octanol–water partition coefficient (Wildman–Crippen LogP) is -0.0188. The van der Waals surface area contributed by atoms with E-state index in [1.54, 1.807) is 17.0 Å². The summed E-state index contributed by atoms with van der Waals surface area (Å²) in [6.07, 6.45) is 5.63. The van der Waals surface area contributed by atoms with Crippen LogP contribution >= 0.6 is 0 Å². The summed E-state index contributed by atoms with van der Waals surface area (Å²) in [5.74, 6) is -0.550. The zero-order valence-corrected chi connectivity index (χ0v) is 18.1. The van der Waals surface area contributed by atoms with Gasteiger partial charge in [0.15, 0.2) is 0 Å². The number of H-pyrrole nitrogens is 1. The number of rotatable bonds is 5. The summed E-state index contributed by atoms with van der Waals surface area (Å²) < 4.78 is 1.22. The van der Waals surface area contributed by atoms with E-state index in [0.717, 1.165) is 24.8 Å². The Labute approximate surface area is 189 Å². The average molecular weight is 451 g/mol. The Bertz CT molecular complexity index is 1260. The normalized spacial score (nSPS) is 20.3. The molecule has 172 valence electrons. The first-order valence-corrected chi connectivity index (χ1v) is 11.1. The molecule has 3 aliphatic rings. The molecule has 1 saturated carbocycles. The summed E-state index contributed by atoms with van der Waals surface area (Å²) in [6, 6.07) is 5.30. The number of aromatic amines is 1. The highest BCUT2D eigenvalue weighted by atomic mass is 16.2. The van der Waals surface area contributed by atoms with E-state index in [9.17, 15) is 24.0 Å². The third-order valence-corrected chi connectivity index (χ3v) is 7.09. The van der Waals surface area contributed by atoms with Crippen molar-refractivity contribution in [1.29, 1.82) is 0 Å². The van der Waals surface area contributed by atoms with Crippen molar-refractivity contribution in [3.05, 3.63) is 68.0 Å². The molecule has 0 bridgehead atoms. The van der Waals surface area contributed by atoms with Gasteiger partial charge in [-0.15, -0.1) is 0 Å². The molecule has 0 radical (unpaired) electrons. The lowest BCUT2D eigenvalue weighted by Crippen LogP contribution is -2.64. The summed E-state index contributed by atoms with van der Waals surface area (Å²) in [7, 11) is 0. The molecule has 10 nitrogen and oxygen atoms in total. The van der Waals surface area contributed by atoms with Gasteiger partial charge in [0.1, 0.15) is 0 Å². The number of fused-ring (bicyclic) bond motifs is 1. The third kappa shape index (κ3) is 3.65. The predicted molar refractivity (Wildman–Crippen MR) is 118 cm³/mol. The highest BCUT2D eigenvalue weighted by Crippen LogP contribution is 2.46. The van der Waals surface area contributed by atoms with Crippen molar-refractivity contribution in [2.45, 2.75) is 44.8 Å². The first kappa shape index (κ1) is 21.2. The molecule has 1 aromatic heterocycles. The molecule has 1 atom stereocenters. The van der Waals surface area contributed by atoms with Crippen LogP contribution < -0.4 is 21.8 Å². The summed E-state index contributed by atoms with van der Waals surface area (Å²) in [5.41, 5.74) is 0.178. The van der Waals surface area contributed by atoms with Crippen LogP contribution in [-0.2, 0) is 17.9 Å². The largest absolute Gasteiger partial charge is 0.353 e. The second kappa shape index (κ2) is 8.02. The Hall–Kier alpha value is -3.69. The number of carbonyl (C=O) groups excluding carboxylic acids is 3. The smallest absolute Gasteiger partial charge is 0.316 e. The summed E-state index contributed by atoms with van der Waals surface area (Å²) in [6.45, 7) is 1.64. The zero-order valence-electron chi connectivity index (χ0n) is 18.1. The van der Waals surface area contributed by atoms with Gasteiger partial charge in [-0.3, -0.25) is 24.0 Å². The number of amides is 3. The number of likely N-dealkylation sites (tertiary alicyclic amines) is 1. The van der Waals surface area contributed by atoms with Gasteiger partial charge in [-0.25, -0.2) is 0 Å². The van der Waals surface area contributed by atoms with E-state index >= 15 is 0 Å². The molecule has 3 heterocycles. The topological polar surface area (TPSA) is 133 Å². The van der Waals surface area contributed by atoms with Crippen LogP contribution in [-0.4, -0.2) is 51.3 Å². The Kier molecular flexibility index (Phi) is 5.15. The van der Waals surface area contributed by atoms with Crippen molar-refractivity contribution in [3.63, 3.8) is 0 Å². The molecule has 1 aromatic carbocycles. The lowest BCUT2D eigenvalue weighted by Gasteiger charge is -2.51. The minimum absolute atomic E-state index is 0.0465. The van der Waals surface area contributed by atoms with Crippen molar-refractivity contribution in [2.24, 2.45) is 5.41 Å². The van der Waals surface area contributed by atoms with Crippen LogP contribution in [0.15, 0.2) is 40.2 Å². The standard InChI is InChI=1S/C23H25N5O5/c29-17(6-9-27-10-8-24-20(31)22(27)33)26-16-5-2-7-23(16)12-28(13-23)21(32)15-4-1-3-14-11-25-19(30)18(14)15/h1,3-4,8,10,16H,2,5-7,9,11-13H2,(H,24,31)(H,25,30)(H,26,29). The quantitative estimate of drug-likeness (QED) is 0.550. The fourth-order valence-electron chi connectivity index (χ4n) is 5.36. The maximum atomic E-state index is 13.1. The van der Waals surface area contributed by atoms with E-state index in [-0.39, 0.29) is 42.1 Å². The first-order valence-electron chi connectivity index (χ1n) is 11.1. The average Bonchev–Trinajstić information content (AvgIpc) is 3.37. The number of nitrogens with zero attached hydrogens (tertiary/aromatic N) is 2. The number of aromatic nitrogens is 2. The maximum absolute atomic E-state index is 13.1. The molecule has 2 aliphatic heterocycles. The maximum Gasteiger partial charge on any atom is 0.316 e. The molecule has 5 rings (SSSR count). The first-order chi connectivity index (χ1) is 15.9. The molecule has 10 heteroatoms. The Morgan fingerprint density at radius 2 is 2.00 bits per heavy atom. The van der Waals surface area contributed by atoms with E-state index < -0.39 is 11.1 Å². The Balaban J connectivity index is 1.21. The Morgan fingerprint density at radius 1 is 1.18 bits per heavy atom. The SMILES string of the molecule is O=C(CCn1cc[nH]c(=O)c1=O)NC1CCCC12CN(C(=O)c1cccc3c1C(=O)NC3)C2. The van der Waals surface area contributed by atoms with Crippen LogP contribution in [0, 0.1) is 5.41 Å². The Morgan fingerprint density at radius 3 is 2.82 bits per heavy atom. The molecule has 1 saturated heterocycles. The van der Waals surface area contributed by atoms with Gasteiger partial charge >= 0.3 is 11.1 Å². The van der Waals surface area contributed by atoms with Gasteiger partial charge in [0, 0.05) is 56.5 Å². The molecular formula is C23H25N5O5. The van der Waals surface area contributed by atoms with Gasteiger partial charge in [0.2, 0.25) is 5.91 Å². The minimum atomic E-state index is -0.714. The molecule has 2 fully saturated rings. The van der Waals surface area contributed by atoms with Gasteiger partial charge in [-0.2, -0.15) is 0 Å². The van der Waals surface area contributed by atoms with E-state index in [2.05, 4.69) is 15.6 Å². The molecule has 1 aliphatic carbocycles. The molecule has 3 N–H and O–H groups in total. The number of nitrogens with one attached hydrogen (secondary N) is 3. The van der Waals surface area contributed by atoms with E-state index in [0.29, 0.717) is 30.8 Å². The fraction of sp³-hybridized carbons (Fsp3) is 0.435. The van der Waals surface area contributed by atoms with Crippen LogP contribution in [0.3, 0.4) is 0 Å². The van der Waals surface area contributed by atoms with Crippen molar-refractivity contribution in [1.82, 2.24) is 25.1 Å². The van der Waals surface area contributed by atoms with Crippen LogP contribution in [0.5, 0.6) is 0 Å². The second-order valence-electron chi connectivity index (χ2n) is 9.10. The summed E-state index contributed by atoms with van der Waals surface area (Å²) in [4.78, 5) is 65.2. The van der Waals surface area contributed by atoms with Crippen molar-refractivity contribution in [3.8, 4) is 0 Å². The lowest BCUT2D eigenvalue weighted by molar-refractivity contribution is -0.123. The zero-order chi connectivity index (χ0) is 23.2. The molecule has 33 heavy (non-hydrogen) atoms. The summed E-state index contributed by atoms with van der Waals surface area (Å²) >= 11 is 0.